The van der Waals surface area contributed by atoms with Crippen LogP contribution in [0.25, 0.3) is 0 Å². The molecule has 64 valence electrons. The summed E-state index contributed by atoms with van der Waals surface area (Å²) in [5, 5.41) is 0. The molecule has 0 aliphatic heterocycles. The summed E-state index contributed by atoms with van der Waals surface area (Å²) in [6.45, 7) is -1.00. The number of alkyl halides is 1. The lowest BCUT2D eigenvalue weighted by atomic mass is 10.0. The fraction of sp³-hybridized carbons (Fsp3) is 0.222. The first-order chi connectivity index (χ1) is 5.75. The van der Waals surface area contributed by atoms with E-state index in [4.69, 9.17) is 5.73 Å². The molecule has 0 spiro atoms. The van der Waals surface area contributed by atoms with Crippen LogP contribution < -0.4 is 5.73 Å². The zero-order valence-corrected chi connectivity index (χ0v) is 6.53. The smallest absolute Gasteiger partial charge is 0.184 e. The molecule has 2 N–H and O–H groups in total. The molecule has 2 nitrogen and oxygen atoms in total. The van der Waals surface area contributed by atoms with E-state index in [9.17, 15) is 9.18 Å². The van der Waals surface area contributed by atoms with Gasteiger partial charge >= 0.3 is 0 Å². The van der Waals surface area contributed by atoms with Crippen LogP contribution in [-0.4, -0.2) is 12.5 Å². The van der Waals surface area contributed by atoms with Crippen LogP contribution in [0.4, 0.5) is 4.39 Å². The first-order valence-corrected chi connectivity index (χ1v) is 3.65. The third kappa shape index (κ3) is 1.89. The van der Waals surface area contributed by atoms with E-state index in [-0.39, 0.29) is 0 Å². The Bertz CT molecular complexity index is 260. The van der Waals surface area contributed by atoms with Gasteiger partial charge in [0, 0.05) is 0 Å². The second-order valence-electron chi connectivity index (χ2n) is 2.49. The molecule has 1 rings (SSSR count). The second kappa shape index (κ2) is 3.97. The van der Waals surface area contributed by atoms with Gasteiger partial charge in [-0.3, -0.25) is 4.79 Å². The summed E-state index contributed by atoms with van der Waals surface area (Å²) in [6, 6.07) is 7.93. The van der Waals surface area contributed by atoms with Gasteiger partial charge in [-0.25, -0.2) is 4.39 Å². The average molecular weight is 167 g/mol. The molecule has 3 heteroatoms. The van der Waals surface area contributed by atoms with Gasteiger partial charge in [0.15, 0.2) is 5.78 Å². The summed E-state index contributed by atoms with van der Waals surface area (Å²) in [7, 11) is 0. The van der Waals surface area contributed by atoms with Gasteiger partial charge in [0.05, 0.1) is 6.04 Å². The molecule has 0 amide bonds. The maximum Gasteiger partial charge on any atom is 0.184 e. The van der Waals surface area contributed by atoms with Gasteiger partial charge in [-0.1, -0.05) is 30.3 Å². The van der Waals surface area contributed by atoms with Crippen molar-refractivity contribution in [3.05, 3.63) is 35.9 Å². The van der Waals surface area contributed by atoms with E-state index in [1.165, 1.54) is 0 Å². The second-order valence-corrected chi connectivity index (χ2v) is 2.49. The fourth-order valence-corrected chi connectivity index (χ4v) is 0.929. The van der Waals surface area contributed by atoms with Crippen LogP contribution in [0.3, 0.4) is 0 Å². The molecule has 0 aromatic heterocycles. The Morgan fingerprint density at radius 2 is 2.00 bits per heavy atom. The number of benzene rings is 1. The molecule has 0 bridgehead atoms. The zero-order chi connectivity index (χ0) is 8.97. The fourth-order valence-electron chi connectivity index (χ4n) is 0.929. The van der Waals surface area contributed by atoms with Crippen LogP contribution in [0.15, 0.2) is 30.3 Å². The van der Waals surface area contributed by atoms with Crippen molar-refractivity contribution < 1.29 is 9.18 Å². The SMILES string of the molecule is NC(C(=O)CF)c1ccccc1. The summed E-state index contributed by atoms with van der Waals surface area (Å²) in [5.74, 6) is -0.582. The van der Waals surface area contributed by atoms with E-state index < -0.39 is 18.5 Å². The van der Waals surface area contributed by atoms with Crippen LogP contribution in [0.5, 0.6) is 0 Å². The third-order valence-electron chi connectivity index (χ3n) is 1.64. The Morgan fingerprint density at radius 3 is 2.50 bits per heavy atom. The van der Waals surface area contributed by atoms with E-state index in [0.717, 1.165) is 0 Å². The maximum absolute atomic E-state index is 11.9. The standard InChI is InChI=1S/C9H10FNO/c10-6-8(12)9(11)7-4-2-1-3-5-7/h1-5,9H,6,11H2. The van der Waals surface area contributed by atoms with Crippen molar-refractivity contribution in [2.75, 3.05) is 6.67 Å². The first kappa shape index (κ1) is 8.87. The minimum atomic E-state index is -1.00. The maximum atomic E-state index is 11.9. The number of hydrogen-bond donors (Lipinski definition) is 1. The van der Waals surface area contributed by atoms with E-state index >= 15 is 0 Å². The highest BCUT2D eigenvalue weighted by molar-refractivity contribution is 5.86. The topological polar surface area (TPSA) is 43.1 Å². The predicted molar refractivity (Wildman–Crippen MR) is 44.4 cm³/mol. The summed E-state index contributed by atoms with van der Waals surface area (Å²) < 4.78 is 11.9. The van der Waals surface area contributed by atoms with Crippen molar-refractivity contribution >= 4 is 5.78 Å². The lowest BCUT2D eigenvalue weighted by Gasteiger charge is -2.07. The zero-order valence-electron chi connectivity index (χ0n) is 6.53. The monoisotopic (exact) mass is 167 g/mol. The highest BCUT2D eigenvalue weighted by Gasteiger charge is 2.13. The largest absolute Gasteiger partial charge is 0.318 e. The lowest BCUT2D eigenvalue weighted by molar-refractivity contribution is -0.121. The summed E-state index contributed by atoms with van der Waals surface area (Å²) in [6.07, 6.45) is 0. The van der Waals surface area contributed by atoms with Gasteiger partial charge in [-0.05, 0) is 5.56 Å². The first-order valence-electron chi connectivity index (χ1n) is 3.65. The quantitative estimate of drug-likeness (QED) is 0.735. The van der Waals surface area contributed by atoms with Crippen molar-refractivity contribution in [2.24, 2.45) is 5.73 Å². The number of Topliss-reactive ketones (excluding diaryl/α,β-unsaturated/α-hetero) is 1. The number of nitrogens with two attached hydrogens (primary N) is 1. The van der Waals surface area contributed by atoms with Crippen LogP contribution in [-0.2, 0) is 4.79 Å². The van der Waals surface area contributed by atoms with E-state index in [2.05, 4.69) is 0 Å². The molecule has 0 radical (unpaired) electrons. The van der Waals surface area contributed by atoms with Crippen LogP contribution in [0, 0.1) is 0 Å². The predicted octanol–water partition coefficient (Wildman–Crippen LogP) is 1.22. The number of carbonyl (C=O) groups excluding carboxylic acids is 1. The Morgan fingerprint density at radius 1 is 1.42 bits per heavy atom. The minimum absolute atomic E-state index is 0.582. The summed E-state index contributed by atoms with van der Waals surface area (Å²) in [4.78, 5) is 10.8. The molecule has 1 atom stereocenters. The van der Waals surface area contributed by atoms with E-state index in [0.29, 0.717) is 5.56 Å². The molecule has 0 fully saturated rings. The van der Waals surface area contributed by atoms with Gasteiger partial charge in [-0.2, -0.15) is 0 Å². The number of halogens is 1. The molecule has 1 aromatic rings. The average Bonchev–Trinajstić information content (AvgIpc) is 2.17. The normalized spacial score (nSPS) is 12.5. The third-order valence-corrected chi connectivity index (χ3v) is 1.64. The van der Waals surface area contributed by atoms with Crippen molar-refractivity contribution in [3.8, 4) is 0 Å². The molecular weight excluding hydrogens is 157 g/mol. The van der Waals surface area contributed by atoms with Gasteiger partial charge < -0.3 is 5.73 Å². The van der Waals surface area contributed by atoms with Gasteiger partial charge in [-0.15, -0.1) is 0 Å². The van der Waals surface area contributed by atoms with Crippen molar-refractivity contribution in [3.63, 3.8) is 0 Å². The lowest BCUT2D eigenvalue weighted by Crippen LogP contribution is -2.22. The molecule has 1 unspecified atom stereocenters. The van der Waals surface area contributed by atoms with Gasteiger partial charge in [0.25, 0.3) is 0 Å². The Hall–Kier alpha value is -1.22. The van der Waals surface area contributed by atoms with Crippen molar-refractivity contribution in [1.29, 1.82) is 0 Å². The number of hydrogen-bond acceptors (Lipinski definition) is 2. The molecule has 0 saturated carbocycles. The van der Waals surface area contributed by atoms with Crippen LogP contribution in [0.1, 0.15) is 11.6 Å². The van der Waals surface area contributed by atoms with Crippen LogP contribution >= 0.6 is 0 Å². The van der Waals surface area contributed by atoms with Crippen molar-refractivity contribution in [1.82, 2.24) is 0 Å². The highest BCUT2D eigenvalue weighted by atomic mass is 19.1. The molecule has 0 aliphatic carbocycles. The Labute approximate surface area is 70.2 Å². The van der Waals surface area contributed by atoms with Gasteiger partial charge in [0.1, 0.15) is 6.67 Å². The number of ketones is 1. The Kier molecular flexibility index (Phi) is 2.94. The van der Waals surface area contributed by atoms with Crippen LogP contribution in [0.2, 0.25) is 0 Å². The van der Waals surface area contributed by atoms with Crippen molar-refractivity contribution in [2.45, 2.75) is 6.04 Å². The number of rotatable bonds is 3. The summed E-state index contributed by atoms with van der Waals surface area (Å²) in [5.41, 5.74) is 6.11. The molecule has 0 aliphatic rings. The molecule has 12 heavy (non-hydrogen) atoms. The Balaban J connectivity index is 2.78. The number of carbonyl (C=O) groups is 1. The van der Waals surface area contributed by atoms with E-state index in [1.807, 2.05) is 6.07 Å². The highest BCUT2D eigenvalue weighted by Crippen LogP contribution is 2.10. The molecule has 0 saturated heterocycles. The molecular formula is C9H10FNO. The summed E-state index contributed by atoms with van der Waals surface area (Å²) >= 11 is 0. The minimum Gasteiger partial charge on any atom is -0.318 e. The molecule has 0 heterocycles. The van der Waals surface area contributed by atoms with E-state index in [1.54, 1.807) is 24.3 Å². The van der Waals surface area contributed by atoms with Gasteiger partial charge in [0.2, 0.25) is 0 Å². The molecule has 1 aromatic carbocycles.